The summed E-state index contributed by atoms with van der Waals surface area (Å²) in [7, 11) is 0. The second kappa shape index (κ2) is 10.9. The molecule has 6 nitrogen and oxygen atoms in total. The van der Waals surface area contributed by atoms with E-state index >= 15 is 0 Å². The molecule has 0 atom stereocenters. The smallest absolute Gasteiger partial charge is 0.341 e. The molecule has 0 saturated heterocycles. The molecule has 33 heavy (non-hydrogen) atoms. The molecule has 176 valence electrons. The number of ether oxygens (including phenoxy) is 1. The number of fused-ring (bicyclic) bond motifs is 1. The van der Waals surface area contributed by atoms with Crippen molar-refractivity contribution < 1.29 is 19.1 Å². The quantitative estimate of drug-likeness (QED) is 0.369. The van der Waals surface area contributed by atoms with Crippen LogP contribution in [-0.2, 0) is 11.2 Å². The molecule has 0 unspecified atom stereocenters. The lowest BCUT2D eigenvalue weighted by Gasteiger charge is -2.18. The summed E-state index contributed by atoms with van der Waals surface area (Å²) in [6.07, 6.45) is 1.70. The Morgan fingerprint density at radius 1 is 1.00 bits per heavy atom. The highest BCUT2D eigenvalue weighted by Gasteiger charge is 2.29. The number of carbonyl (C=O) groups excluding carboxylic acids is 3. The minimum absolute atomic E-state index is 0.151. The number of thiophene rings is 2. The van der Waals surface area contributed by atoms with E-state index < -0.39 is 5.97 Å². The maximum Gasteiger partial charge on any atom is 0.341 e. The first kappa shape index (κ1) is 24.9. The fourth-order valence-electron chi connectivity index (χ4n) is 3.85. The summed E-state index contributed by atoms with van der Waals surface area (Å²) < 4.78 is 6.30. The highest BCUT2D eigenvalue weighted by atomic mass is 32.1. The molecule has 0 fully saturated rings. The largest absolute Gasteiger partial charge is 0.462 e. The first-order chi connectivity index (χ1) is 15.9. The summed E-state index contributed by atoms with van der Waals surface area (Å²) in [6, 6.07) is 7.98. The Kier molecular flexibility index (Phi) is 8.26. The number of carbonyl (C=O) groups is 3. The van der Waals surface area contributed by atoms with Crippen LogP contribution in [0, 0.1) is 6.92 Å². The molecule has 1 aromatic carbocycles. The molecule has 2 aromatic heterocycles. The average Bonchev–Trinajstić information content (AvgIpc) is 3.33. The molecular weight excluding hydrogens is 456 g/mol. The molecule has 0 bridgehead atoms. The summed E-state index contributed by atoms with van der Waals surface area (Å²) in [5, 5.41) is 4.37. The molecule has 2 amide bonds. The highest BCUT2D eigenvalue weighted by Crippen LogP contribution is 2.37. The lowest BCUT2D eigenvalue weighted by Crippen LogP contribution is -2.30. The van der Waals surface area contributed by atoms with Crippen LogP contribution in [0.1, 0.15) is 74.9 Å². The summed E-state index contributed by atoms with van der Waals surface area (Å²) in [5.74, 6) is -0.958. The van der Waals surface area contributed by atoms with Gasteiger partial charge >= 0.3 is 5.97 Å². The van der Waals surface area contributed by atoms with Crippen molar-refractivity contribution in [2.24, 2.45) is 0 Å². The highest BCUT2D eigenvalue weighted by molar-refractivity contribution is 7.21. The predicted molar refractivity (Wildman–Crippen MR) is 136 cm³/mol. The van der Waals surface area contributed by atoms with Crippen LogP contribution in [0.25, 0.3) is 10.1 Å². The lowest BCUT2D eigenvalue weighted by atomic mass is 10.1. The van der Waals surface area contributed by atoms with Crippen molar-refractivity contribution in [3.8, 4) is 0 Å². The van der Waals surface area contributed by atoms with E-state index in [0.717, 1.165) is 39.8 Å². The summed E-state index contributed by atoms with van der Waals surface area (Å²) in [4.78, 5) is 42.0. The summed E-state index contributed by atoms with van der Waals surface area (Å²) in [5.41, 5.74) is 1.81. The number of nitrogens with one attached hydrogen (secondary N) is 1. The van der Waals surface area contributed by atoms with E-state index in [0.29, 0.717) is 33.4 Å². The molecule has 3 aromatic rings. The van der Waals surface area contributed by atoms with Crippen molar-refractivity contribution in [2.45, 2.75) is 47.5 Å². The number of benzene rings is 1. The number of amides is 2. The van der Waals surface area contributed by atoms with Crippen LogP contribution in [0.15, 0.2) is 24.3 Å². The van der Waals surface area contributed by atoms with Crippen LogP contribution in [0.4, 0.5) is 5.00 Å². The van der Waals surface area contributed by atoms with Gasteiger partial charge in [0, 0.05) is 17.8 Å². The molecular formula is C25H30N2O4S2. The third-order valence-corrected chi connectivity index (χ3v) is 7.91. The number of esters is 1. The van der Waals surface area contributed by atoms with Crippen LogP contribution in [0.5, 0.6) is 0 Å². The fraction of sp³-hybridized carbons (Fsp3) is 0.400. The third-order valence-electron chi connectivity index (χ3n) is 5.50. The molecule has 0 spiro atoms. The SMILES string of the molecule is CCCc1c(C(=O)Nc2sc(C(=O)N(CC)CC)c(C)c2C(=O)OCC)sc2ccccc12. The van der Waals surface area contributed by atoms with E-state index in [4.69, 9.17) is 4.74 Å². The molecule has 0 aliphatic carbocycles. The van der Waals surface area contributed by atoms with Crippen LogP contribution in [-0.4, -0.2) is 42.4 Å². The molecule has 1 N–H and O–H groups in total. The van der Waals surface area contributed by atoms with Gasteiger partial charge in [-0.25, -0.2) is 4.79 Å². The Morgan fingerprint density at radius 2 is 1.70 bits per heavy atom. The van der Waals surface area contributed by atoms with Gasteiger partial charge in [0.2, 0.25) is 0 Å². The van der Waals surface area contributed by atoms with E-state index in [1.165, 1.54) is 11.3 Å². The second-order valence-electron chi connectivity index (χ2n) is 7.57. The van der Waals surface area contributed by atoms with Crippen LogP contribution in [0.2, 0.25) is 0 Å². The topological polar surface area (TPSA) is 75.7 Å². The van der Waals surface area contributed by atoms with Gasteiger partial charge in [0.25, 0.3) is 11.8 Å². The Hall–Kier alpha value is -2.71. The standard InChI is InChI=1S/C25H30N2O4S2/c1-6-12-17-16-13-10-11-14-18(16)32-21(17)22(28)26-23-19(25(30)31-9-4)15(5)20(33-23)24(29)27(7-2)8-3/h10-11,13-14H,6-9,12H2,1-5H3,(H,26,28). The van der Waals surface area contributed by atoms with Gasteiger partial charge in [0.1, 0.15) is 5.00 Å². The average molecular weight is 487 g/mol. The lowest BCUT2D eigenvalue weighted by molar-refractivity contribution is 0.0527. The van der Waals surface area contributed by atoms with Crippen LogP contribution in [0.3, 0.4) is 0 Å². The maximum absolute atomic E-state index is 13.4. The Balaban J connectivity index is 2.05. The van der Waals surface area contributed by atoms with Gasteiger partial charge in [0.15, 0.2) is 0 Å². The van der Waals surface area contributed by atoms with Crippen LogP contribution >= 0.6 is 22.7 Å². The molecule has 0 aliphatic rings. The molecule has 0 radical (unpaired) electrons. The van der Waals surface area contributed by atoms with E-state index in [2.05, 4.69) is 12.2 Å². The zero-order valence-corrected chi connectivity index (χ0v) is 21.4. The van der Waals surface area contributed by atoms with Gasteiger partial charge in [-0.05, 0) is 56.7 Å². The molecule has 0 saturated carbocycles. The zero-order chi connectivity index (χ0) is 24.1. The Bertz CT molecular complexity index is 1170. The number of hydrogen-bond donors (Lipinski definition) is 1. The monoisotopic (exact) mass is 486 g/mol. The van der Waals surface area contributed by atoms with E-state index in [1.54, 1.807) is 18.7 Å². The van der Waals surface area contributed by atoms with E-state index in [1.807, 2.05) is 38.1 Å². The van der Waals surface area contributed by atoms with Gasteiger partial charge in [-0.15, -0.1) is 22.7 Å². The van der Waals surface area contributed by atoms with Gasteiger partial charge in [-0.2, -0.15) is 0 Å². The Morgan fingerprint density at radius 3 is 2.33 bits per heavy atom. The number of hydrogen-bond acceptors (Lipinski definition) is 6. The normalized spacial score (nSPS) is 10.9. The minimum atomic E-state index is -0.537. The molecule has 8 heteroatoms. The number of nitrogens with zero attached hydrogens (tertiary/aromatic N) is 1. The minimum Gasteiger partial charge on any atom is -0.462 e. The van der Waals surface area contributed by atoms with Crippen molar-refractivity contribution >= 4 is 55.5 Å². The first-order valence-electron chi connectivity index (χ1n) is 11.3. The molecule has 3 rings (SSSR count). The van der Waals surface area contributed by atoms with Gasteiger partial charge in [0.05, 0.1) is 21.9 Å². The second-order valence-corrected chi connectivity index (χ2v) is 9.64. The fourth-order valence-corrected chi connectivity index (χ4v) is 6.15. The number of rotatable bonds is 9. The number of aryl methyl sites for hydroxylation is 1. The van der Waals surface area contributed by atoms with Gasteiger partial charge in [-0.3, -0.25) is 9.59 Å². The first-order valence-corrected chi connectivity index (χ1v) is 12.9. The summed E-state index contributed by atoms with van der Waals surface area (Å²) in [6.45, 7) is 10.7. The number of anilines is 1. The third kappa shape index (κ3) is 4.96. The molecule has 0 aliphatic heterocycles. The van der Waals surface area contributed by atoms with Crippen molar-refractivity contribution in [3.63, 3.8) is 0 Å². The zero-order valence-electron chi connectivity index (χ0n) is 19.7. The van der Waals surface area contributed by atoms with Crippen molar-refractivity contribution in [1.82, 2.24) is 4.90 Å². The Labute approximate surface area is 202 Å². The van der Waals surface area contributed by atoms with Crippen molar-refractivity contribution in [2.75, 3.05) is 25.0 Å². The van der Waals surface area contributed by atoms with Crippen molar-refractivity contribution in [3.05, 3.63) is 50.7 Å². The summed E-state index contributed by atoms with van der Waals surface area (Å²) >= 11 is 2.58. The van der Waals surface area contributed by atoms with Crippen LogP contribution < -0.4 is 5.32 Å². The van der Waals surface area contributed by atoms with E-state index in [-0.39, 0.29) is 24.0 Å². The van der Waals surface area contributed by atoms with Gasteiger partial charge in [-0.1, -0.05) is 31.5 Å². The molecule has 2 heterocycles. The van der Waals surface area contributed by atoms with Gasteiger partial charge < -0.3 is 15.0 Å². The predicted octanol–water partition coefficient (Wildman–Crippen LogP) is 6.13. The van der Waals surface area contributed by atoms with E-state index in [9.17, 15) is 14.4 Å². The maximum atomic E-state index is 13.4. The van der Waals surface area contributed by atoms with Crippen molar-refractivity contribution in [1.29, 1.82) is 0 Å².